The molecule has 2 atom stereocenters. The summed E-state index contributed by atoms with van der Waals surface area (Å²) in [6, 6.07) is 9.98. The molecule has 10 heteroatoms. The molecule has 2 N–H and O–H groups in total. The molecule has 0 radical (unpaired) electrons. The summed E-state index contributed by atoms with van der Waals surface area (Å²) in [6.45, 7) is 2.35. The normalized spacial score (nSPS) is 17.8. The molecule has 1 amide bonds. The number of rotatable bonds is 6. The van der Waals surface area contributed by atoms with Crippen LogP contribution < -0.4 is 16.2 Å². The zero-order valence-corrected chi connectivity index (χ0v) is 16.9. The highest BCUT2D eigenvalue weighted by Gasteiger charge is 2.25. The number of pyridine rings is 1. The summed E-state index contributed by atoms with van der Waals surface area (Å²) in [4.78, 5) is 28.5. The summed E-state index contributed by atoms with van der Waals surface area (Å²) in [5.41, 5.74) is 0.988. The van der Waals surface area contributed by atoms with Crippen molar-refractivity contribution in [3.63, 3.8) is 0 Å². The number of nitriles is 1. The van der Waals surface area contributed by atoms with Crippen molar-refractivity contribution in [3.8, 4) is 11.8 Å². The number of hydrogen-bond donors (Lipinski definition) is 2. The molecular formula is C21H21N7O3. The second kappa shape index (κ2) is 8.79. The quantitative estimate of drug-likeness (QED) is 0.617. The third-order valence-electron chi connectivity index (χ3n) is 5.20. The number of carbonyl (C=O) groups excluding carboxylic acids is 1. The molecule has 1 aliphatic carbocycles. The van der Waals surface area contributed by atoms with Crippen LogP contribution in [0, 0.1) is 24.2 Å². The number of aryl methyl sites for hydroxylation is 1. The standard InChI is InChI=1S/C21H21N7O3/c1-13-8-18(31-27-13)21(30)24-11-14-2-3-15(9-14)25-19-6-5-17(12-23-19)28-20(29)7-4-16(10-22)26-28/h4-8,12,14-15H,2-3,9,11H2,1H3,(H,23,25)(H,24,30)/t14-,15+/m1/s1. The summed E-state index contributed by atoms with van der Waals surface area (Å²) in [7, 11) is 0. The molecule has 0 saturated heterocycles. The van der Waals surface area contributed by atoms with Crippen molar-refractivity contribution in [1.82, 2.24) is 25.2 Å². The van der Waals surface area contributed by atoms with E-state index in [4.69, 9.17) is 9.78 Å². The summed E-state index contributed by atoms with van der Waals surface area (Å²) < 4.78 is 6.13. The van der Waals surface area contributed by atoms with Gasteiger partial charge in [0.2, 0.25) is 5.76 Å². The van der Waals surface area contributed by atoms with Crippen molar-refractivity contribution in [2.24, 2.45) is 5.92 Å². The van der Waals surface area contributed by atoms with E-state index in [1.807, 2.05) is 6.07 Å². The third kappa shape index (κ3) is 4.78. The topological polar surface area (TPSA) is 139 Å². The van der Waals surface area contributed by atoms with E-state index in [1.54, 1.807) is 31.3 Å². The molecule has 3 aromatic rings. The lowest BCUT2D eigenvalue weighted by Gasteiger charge is -2.14. The maximum atomic E-state index is 12.1. The fourth-order valence-corrected chi connectivity index (χ4v) is 3.65. The predicted octanol–water partition coefficient (Wildman–Crippen LogP) is 1.81. The van der Waals surface area contributed by atoms with E-state index in [1.165, 1.54) is 12.1 Å². The predicted molar refractivity (Wildman–Crippen MR) is 111 cm³/mol. The first-order valence-corrected chi connectivity index (χ1v) is 9.97. The van der Waals surface area contributed by atoms with Crippen LogP contribution in [-0.2, 0) is 0 Å². The van der Waals surface area contributed by atoms with E-state index in [0.717, 1.165) is 23.9 Å². The minimum absolute atomic E-state index is 0.157. The van der Waals surface area contributed by atoms with Crippen LogP contribution in [0.5, 0.6) is 0 Å². The van der Waals surface area contributed by atoms with Gasteiger partial charge in [-0.05, 0) is 50.3 Å². The average Bonchev–Trinajstić information content (AvgIpc) is 3.42. The monoisotopic (exact) mass is 419 g/mol. The van der Waals surface area contributed by atoms with Gasteiger partial charge in [0, 0.05) is 24.7 Å². The number of nitrogens with one attached hydrogen (secondary N) is 2. The number of amides is 1. The van der Waals surface area contributed by atoms with E-state index in [-0.39, 0.29) is 29.0 Å². The van der Waals surface area contributed by atoms with Crippen LogP contribution in [0.3, 0.4) is 0 Å². The molecule has 0 aliphatic heterocycles. The Bertz CT molecular complexity index is 1180. The second-order valence-electron chi connectivity index (χ2n) is 7.54. The minimum Gasteiger partial charge on any atom is -0.367 e. The number of anilines is 1. The largest absolute Gasteiger partial charge is 0.367 e. The Hall–Kier alpha value is -4.00. The van der Waals surface area contributed by atoms with Gasteiger partial charge in [-0.1, -0.05) is 5.16 Å². The smallest absolute Gasteiger partial charge is 0.289 e. The highest BCUT2D eigenvalue weighted by atomic mass is 16.5. The van der Waals surface area contributed by atoms with E-state index in [9.17, 15) is 9.59 Å². The Morgan fingerprint density at radius 3 is 2.90 bits per heavy atom. The fraction of sp³-hybridized carbons (Fsp3) is 0.333. The zero-order valence-electron chi connectivity index (χ0n) is 16.9. The lowest BCUT2D eigenvalue weighted by Crippen LogP contribution is -2.28. The molecule has 158 valence electrons. The van der Waals surface area contributed by atoms with Crippen molar-refractivity contribution in [3.05, 3.63) is 64.0 Å². The number of carbonyl (C=O) groups is 1. The first-order chi connectivity index (χ1) is 15.0. The van der Waals surface area contributed by atoms with Crippen LogP contribution in [0.15, 0.2) is 45.8 Å². The van der Waals surface area contributed by atoms with Crippen LogP contribution in [0.1, 0.15) is 41.2 Å². The summed E-state index contributed by atoms with van der Waals surface area (Å²) in [5, 5.41) is 23.0. The number of nitrogens with zero attached hydrogens (tertiary/aromatic N) is 5. The van der Waals surface area contributed by atoms with Gasteiger partial charge < -0.3 is 15.2 Å². The molecule has 0 unspecified atom stereocenters. The minimum atomic E-state index is -0.331. The highest BCUT2D eigenvalue weighted by Crippen LogP contribution is 2.27. The van der Waals surface area contributed by atoms with Gasteiger partial charge in [-0.25, -0.2) is 4.98 Å². The third-order valence-corrected chi connectivity index (χ3v) is 5.20. The molecule has 3 aromatic heterocycles. The number of hydrogen-bond acceptors (Lipinski definition) is 8. The fourth-order valence-electron chi connectivity index (χ4n) is 3.65. The first-order valence-electron chi connectivity index (χ1n) is 9.97. The summed E-state index contributed by atoms with van der Waals surface area (Å²) >= 11 is 0. The molecule has 1 saturated carbocycles. The molecule has 0 spiro atoms. The zero-order chi connectivity index (χ0) is 21.8. The summed E-state index contributed by atoms with van der Waals surface area (Å²) in [5.74, 6) is 1.03. The van der Waals surface area contributed by atoms with Gasteiger partial charge in [0.25, 0.3) is 11.5 Å². The SMILES string of the molecule is Cc1cc(C(=O)NC[C@@H]2CC[C@H](Nc3ccc(-n4nc(C#N)ccc4=O)cn3)C2)on1. The van der Waals surface area contributed by atoms with E-state index in [2.05, 4.69) is 25.9 Å². The molecule has 0 aromatic carbocycles. The molecule has 3 heterocycles. The summed E-state index contributed by atoms with van der Waals surface area (Å²) in [6.07, 6.45) is 4.41. The van der Waals surface area contributed by atoms with Gasteiger partial charge in [-0.3, -0.25) is 9.59 Å². The van der Waals surface area contributed by atoms with Crippen molar-refractivity contribution in [2.45, 2.75) is 32.2 Å². The van der Waals surface area contributed by atoms with Gasteiger partial charge in [-0.2, -0.15) is 15.0 Å². The molecule has 1 aliphatic rings. The van der Waals surface area contributed by atoms with Crippen LogP contribution in [0.25, 0.3) is 5.69 Å². The van der Waals surface area contributed by atoms with Gasteiger partial charge in [0.1, 0.15) is 11.9 Å². The molecule has 31 heavy (non-hydrogen) atoms. The lowest BCUT2D eigenvalue weighted by molar-refractivity contribution is 0.0910. The van der Waals surface area contributed by atoms with E-state index < -0.39 is 0 Å². The molecular weight excluding hydrogens is 398 g/mol. The maximum Gasteiger partial charge on any atom is 0.289 e. The molecule has 1 fully saturated rings. The van der Waals surface area contributed by atoms with Crippen LogP contribution in [0.4, 0.5) is 5.82 Å². The molecule has 10 nitrogen and oxygen atoms in total. The first kappa shape index (κ1) is 20.3. The van der Waals surface area contributed by atoms with E-state index in [0.29, 0.717) is 29.7 Å². The van der Waals surface area contributed by atoms with Gasteiger partial charge in [0.15, 0.2) is 5.69 Å². The maximum absolute atomic E-state index is 12.1. The Morgan fingerprint density at radius 1 is 1.32 bits per heavy atom. The van der Waals surface area contributed by atoms with Gasteiger partial charge in [0.05, 0.1) is 17.6 Å². The van der Waals surface area contributed by atoms with Crippen molar-refractivity contribution in [2.75, 3.05) is 11.9 Å². The van der Waals surface area contributed by atoms with Crippen molar-refractivity contribution in [1.29, 1.82) is 5.26 Å². The van der Waals surface area contributed by atoms with E-state index >= 15 is 0 Å². The molecule has 4 rings (SSSR count). The van der Waals surface area contributed by atoms with Crippen molar-refractivity contribution >= 4 is 11.7 Å². The molecule has 0 bridgehead atoms. The van der Waals surface area contributed by atoms with Crippen molar-refractivity contribution < 1.29 is 9.32 Å². The van der Waals surface area contributed by atoms with Crippen LogP contribution >= 0.6 is 0 Å². The second-order valence-corrected chi connectivity index (χ2v) is 7.54. The van der Waals surface area contributed by atoms with Crippen LogP contribution in [0.2, 0.25) is 0 Å². The highest BCUT2D eigenvalue weighted by molar-refractivity contribution is 5.91. The number of aromatic nitrogens is 4. The Balaban J connectivity index is 1.31. The Kier molecular flexibility index (Phi) is 5.75. The van der Waals surface area contributed by atoms with Crippen LogP contribution in [-0.4, -0.2) is 38.4 Å². The Labute approximate surface area is 177 Å². The van der Waals surface area contributed by atoms with Gasteiger partial charge in [-0.15, -0.1) is 0 Å². The average molecular weight is 419 g/mol. The lowest BCUT2D eigenvalue weighted by atomic mass is 10.1. The Morgan fingerprint density at radius 2 is 2.19 bits per heavy atom. The van der Waals surface area contributed by atoms with Gasteiger partial charge >= 0.3 is 0 Å².